The zero-order valence-electron chi connectivity index (χ0n) is 13.0. The number of aromatic nitrogens is 3. The van der Waals surface area contributed by atoms with Gasteiger partial charge in [-0.2, -0.15) is 0 Å². The molecule has 0 spiro atoms. The van der Waals surface area contributed by atoms with Crippen LogP contribution in [0.3, 0.4) is 0 Å². The number of carbonyl (C=O) groups excluding carboxylic acids is 1. The van der Waals surface area contributed by atoms with Crippen molar-refractivity contribution in [3.05, 3.63) is 48.5 Å². The summed E-state index contributed by atoms with van der Waals surface area (Å²) in [7, 11) is 1.33. The summed E-state index contributed by atoms with van der Waals surface area (Å²) in [6, 6.07) is 9.40. The van der Waals surface area contributed by atoms with Gasteiger partial charge in [-0.3, -0.25) is 9.36 Å². The van der Waals surface area contributed by atoms with Crippen molar-refractivity contribution in [1.29, 1.82) is 0 Å². The number of thioether (sulfide) groups is 1. The van der Waals surface area contributed by atoms with Crippen molar-refractivity contribution >= 4 is 17.7 Å². The smallest absolute Gasteiger partial charge is 0.318 e. The average molecular weight is 347 g/mol. The van der Waals surface area contributed by atoms with E-state index in [2.05, 4.69) is 10.2 Å². The van der Waals surface area contributed by atoms with Crippen molar-refractivity contribution < 1.29 is 18.3 Å². The van der Waals surface area contributed by atoms with E-state index in [0.29, 0.717) is 22.4 Å². The number of furan rings is 1. The van der Waals surface area contributed by atoms with E-state index in [0.717, 1.165) is 0 Å². The van der Waals surface area contributed by atoms with Crippen LogP contribution in [0.1, 0.15) is 6.92 Å². The van der Waals surface area contributed by atoms with Crippen molar-refractivity contribution in [3.8, 4) is 17.3 Å². The lowest BCUT2D eigenvalue weighted by Gasteiger charge is -2.11. The van der Waals surface area contributed by atoms with Gasteiger partial charge in [0.15, 0.2) is 10.9 Å². The van der Waals surface area contributed by atoms with Crippen molar-refractivity contribution in [2.45, 2.75) is 17.3 Å². The quantitative estimate of drug-likeness (QED) is 0.521. The third-order valence-corrected chi connectivity index (χ3v) is 4.30. The summed E-state index contributed by atoms with van der Waals surface area (Å²) in [6.45, 7) is 1.72. The minimum Gasteiger partial charge on any atom is -0.468 e. The molecule has 0 bridgehead atoms. The van der Waals surface area contributed by atoms with E-state index in [1.807, 2.05) is 0 Å². The molecular weight excluding hydrogens is 333 g/mol. The molecule has 3 aromatic rings. The highest BCUT2D eigenvalue weighted by Crippen LogP contribution is 2.30. The van der Waals surface area contributed by atoms with Crippen LogP contribution in [0.2, 0.25) is 0 Å². The van der Waals surface area contributed by atoms with Gasteiger partial charge in [0, 0.05) is 0 Å². The number of benzene rings is 1. The normalized spacial score (nSPS) is 12.1. The summed E-state index contributed by atoms with van der Waals surface area (Å²) in [5.41, 5.74) is 0.660. The van der Waals surface area contributed by atoms with E-state index in [-0.39, 0.29) is 11.8 Å². The Morgan fingerprint density at radius 3 is 2.67 bits per heavy atom. The number of halogens is 1. The molecular formula is C16H14FN3O3S. The van der Waals surface area contributed by atoms with Crippen molar-refractivity contribution in [3.63, 3.8) is 0 Å². The molecule has 2 heterocycles. The Kier molecular flexibility index (Phi) is 4.66. The van der Waals surface area contributed by atoms with Gasteiger partial charge in [0.1, 0.15) is 11.1 Å². The molecule has 0 amide bonds. The van der Waals surface area contributed by atoms with Crippen LogP contribution in [-0.4, -0.2) is 33.1 Å². The van der Waals surface area contributed by atoms with E-state index in [4.69, 9.17) is 9.15 Å². The van der Waals surface area contributed by atoms with E-state index in [1.54, 1.807) is 35.8 Å². The number of methoxy groups -OCH3 is 1. The van der Waals surface area contributed by atoms with Gasteiger partial charge in [-0.15, -0.1) is 10.2 Å². The fourth-order valence-electron chi connectivity index (χ4n) is 2.11. The van der Waals surface area contributed by atoms with E-state index in [9.17, 15) is 9.18 Å². The largest absolute Gasteiger partial charge is 0.468 e. The maximum Gasteiger partial charge on any atom is 0.318 e. The molecule has 8 heteroatoms. The molecule has 0 aliphatic rings. The number of hydrogen-bond acceptors (Lipinski definition) is 6. The molecule has 0 radical (unpaired) electrons. The maximum atomic E-state index is 13.2. The molecule has 0 aliphatic heterocycles. The molecule has 1 aromatic carbocycles. The van der Waals surface area contributed by atoms with Crippen LogP contribution in [0, 0.1) is 5.82 Å². The van der Waals surface area contributed by atoms with Gasteiger partial charge < -0.3 is 9.15 Å². The Morgan fingerprint density at radius 2 is 2.04 bits per heavy atom. The molecule has 1 atom stereocenters. The second-order valence-electron chi connectivity index (χ2n) is 4.88. The summed E-state index contributed by atoms with van der Waals surface area (Å²) in [6.07, 6.45) is 1.53. The van der Waals surface area contributed by atoms with Crippen LogP contribution in [0.25, 0.3) is 17.3 Å². The first kappa shape index (κ1) is 16.3. The van der Waals surface area contributed by atoms with E-state index in [1.165, 1.54) is 37.3 Å². The van der Waals surface area contributed by atoms with Crippen molar-refractivity contribution in [1.82, 2.24) is 14.8 Å². The van der Waals surface area contributed by atoms with Gasteiger partial charge in [-0.25, -0.2) is 4.39 Å². The molecule has 24 heavy (non-hydrogen) atoms. The highest BCUT2D eigenvalue weighted by atomic mass is 32.2. The van der Waals surface area contributed by atoms with Crippen molar-refractivity contribution in [2.75, 3.05) is 7.11 Å². The molecule has 124 valence electrons. The van der Waals surface area contributed by atoms with Crippen LogP contribution in [0.15, 0.2) is 52.2 Å². The summed E-state index contributed by atoms with van der Waals surface area (Å²) in [5, 5.41) is 8.30. The SMILES string of the molecule is COC(=O)C(C)Sc1nnc(-c2ccco2)n1-c1ccc(F)cc1. The first-order valence-corrected chi connectivity index (χ1v) is 7.98. The highest BCUT2D eigenvalue weighted by Gasteiger charge is 2.23. The predicted octanol–water partition coefficient (Wildman–Crippen LogP) is 3.32. The van der Waals surface area contributed by atoms with Crippen molar-refractivity contribution in [2.24, 2.45) is 0 Å². The summed E-state index contributed by atoms with van der Waals surface area (Å²) in [4.78, 5) is 11.7. The number of rotatable bonds is 5. The van der Waals surface area contributed by atoms with Gasteiger partial charge >= 0.3 is 5.97 Å². The maximum absolute atomic E-state index is 13.2. The molecule has 0 aliphatic carbocycles. The number of nitrogens with zero attached hydrogens (tertiary/aromatic N) is 3. The van der Waals surface area contributed by atoms with Crippen LogP contribution >= 0.6 is 11.8 Å². The Bertz CT molecular complexity index is 831. The first-order chi connectivity index (χ1) is 11.6. The number of ether oxygens (including phenoxy) is 1. The molecule has 2 aromatic heterocycles. The molecule has 0 saturated carbocycles. The Labute approximate surface area is 141 Å². The standard InChI is InChI=1S/C16H14FN3O3S/c1-10(15(21)22-2)24-16-19-18-14(13-4-3-9-23-13)20(16)12-7-5-11(17)6-8-12/h3-10H,1-2H3. The van der Waals surface area contributed by atoms with E-state index >= 15 is 0 Å². The van der Waals surface area contributed by atoms with Crippen LogP contribution in [0.5, 0.6) is 0 Å². The van der Waals surface area contributed by atoms with Gasteiger partial charge in [0.2, 0.25) is 5.82 Å². The van der Waals surface area contributed by atoms with Gasteiger partial charge in [-0.05, 0) is 43.3 Å². The lowest BCUT2D eigenvalue weighted by molar-refractivity contribution is -0.139. The number of esters is 1. The summed E-state index contributed by atoms with van der Waals surface area (Å²) >= 11 is 1.20. The predicted molar refractivity (Wildman–Crippen MR) is 86.4 cm³/mol. The highest BCUT2D eigenvalue weighted by molar-refractivity contribution is 8.00. The minimum atomic E-state index is -0.470. The second-order valence-corrected chi connectivity index (χ2v) is 6.19. The van der Waals surface area contributed by atoms with Gasteiger partial charge in [-0.1, -0.05) is 11.8 Å². The number of carbonyl (C=O) groups is 1. The molecule has 1 unspecified atom stereocenters. The third-order valence-electron chi connectivity index (χ3n) is 3.28. The molecule has 0 fully saturated rings. The lowest BCUT2D eigenvalue weighted by Crippen LogP contribution is -2.15. The Balaban J connectivity index is 2.06. The lowest BCUT2D eigenvalue weighted by atomic mass is 10.3. The van der Waals surface area contributed by atoms with Gasteiger partial charge in [0.25, 0.3) is 0 Å². The zero-order chi connectivity index (χ0) is 17.1. The van der Waals surface area contributed by atoms with Crippen LogP contribution < -0.4 is 0 Å². The van der Waals surface area contributed by atoms with E-state index < -0.39 is 5.25 Å². The minimum absolute atomic E-state index is 0.344. The fraction of sp³-hybridized carbons (Fsp3) is 0.188. The molecule has 0 saturated heterocycles. The summed E-state index contributed by atoms with van der Waals surface area (Å²) in [5.74, 6) is 0.271. The van der Waals surface area contributed by atoms with Crippen LogP contribution in [0.4, 0.5) is 4.39 Å². The van der Waals surface area contributed by atoms with Crippen LogP contribution in [-0.2, 0) is 9.53 Å². The average Bonchev–Trinajstić information content (AvgIpc) is 3.24. The molecule has 6 nitrogen and oxygen atoms in total. The summed E-state index contributed by atoms with van der Waals surface area (Å²) < 4.78 is 25.1. The zero-order valence-corrected chi connectivity index (χ0v) is 13.8. The second kappa shape index (κ2) is 6.88. The third kappa shape index (κ3) is 3.18. The number of hydrogen-bond donors (Lipinski definition) is 0. The Morgan fingerprint density at radius 1 is 1.29 bits per heavy atom. The Hall–Kier alpha value is -2.61. The molecule has 0 N–H and O–H groups in total. The molecule has 3 rings (SSSR count). The topological polar surface area (TPSA) is 70.2 Å². The fourth-order valence-corrected chi connectivity index (χ4v) is 3.00. The first-order valence-electron chi connectivity index (χ1n) is 7.10. The monoisotopic (exact) mass is 347 g/mol. The van der Waals surface area contributed by atoms with Gasteiger partial charge in [0.05, 0.1) is 19.1 Å².